The van der Waals surface area contributed by atoms with Gasteiger partial charge in [0.15, 0.2) is 5.82 Å². The summed E-state index contributed by atoms with van der Waals surface area (Å²) >= 11 is 0. The highest BCUT2D eigenvalue weighted by molar-refractivity contribution is 5.94. The van der Waals surface area contributed by atoms with Crippen molar-refractivity contribution in [1.29, 1.82) is 0 Å². The Labute approximate surface area is 134 Å². The quantitative estimate of drug-likeness (QED) is 0.929. The molecule has 1 aromatic heterocycles. The number of H-pyrrole nitrogens is 1. The molecule has 1 aliphatic rings. The summed E-state index contributed by atoms with van der Waals surface area (Å²) in [6.07, 6.45) is 1.17. The van der Waals surface area contributed by atoms with Crippen molar-refractivity contribution in [3.8, 4) is 5.75 Å². The Kier molecular flexibility index (Phi) is 4.57. The van der Waals surface area contributed by atoms with Gasteiger partial charge < -0.3 is 14.4 Å². The Morgan fingerprint density at radius 3 is 3.09 bits per heavy atom. The lowest BCUT2D eigenvalue weighted by molar-refractivity contribution is -0.0266. The molecule has 1 amide bonds. The maximum absolute atomic E-state index is 12.7. The van der Waals surface area contributed by atoms with Crippen LogP contribution in [0.25, 0.3) is 0 Å². The Hall–Kier alpha value is -2.41. The number of benzene rings is 1. The van der Waals surface area contributed by atoms with Crippen LogP contribution in [0.4, 0.5) is 0 Å². The number of nitrogens with zero attached hydrogens (tertiary/aromatic N) is 3. The highest BCUT2D eigenvalue weighted by Crippen LogP contribution is 2.23. The Morgan fingerprint density at radius 2 is 2.39 bits per heavy atom. The molecule has 2 aromatic rings. The Balaban J connectivity index is 1.73. The van der Waals surface area contributed by atoms with E-state index in [9.17, 15) is 4.79 Å². The molecule has 0 saturated carbocycles. The minimum absolute atomic E-state index is 0.0102. The maximum Gasteiger partial charge on any atom is 0.254 e. The fourth-order valence-corrected chi connectivity index (χ4v) is 2.65. The Bertz CT molecular complexity index is 672. The molecule has 1 atom stereocenters. The minimum Gasteiger partial charge on any atom is -0.494 e. The average molecular weight is 316 g/mol. The number of carbonyl (C=O) groups excluding carboxylic acids is 1. The normalized spacial score (nSPS) is 18.0. The number of ether oxygens (including phenoxy) is 2. The molecule has 1 aliphatic heterocycles. The van der Waals surface area contributed by atoms with Crippen molar-refractivity contribution in [3.05, 3.63) is 41.5 Å². The molecule has 0 bridgehead atoms. The first-order valence-electron chi connectivity index (χ1n) is 7.68. The molecule has 1 unspecified atom stereocenters. The minimum atomic E-state index is -0.265. The van der Waals surface area contributed by atoms with Gasteiger partial charge in [0, 0.05) is 12.1 Å². The Morgan fingerprint density at radius 1 is 1.52 bits per heavy atom. The second-order valence-electron chi connectivity index (χ2n) is 5.39. The summed E-state index contributed by atoms with van der Waals surface area (Å²) in [6, 6.07) is 5.52. The van der Waals surface area contributed by atoms with Crippen molar-refractivity contribution >= 4 is 5.91 Å². The number of hydrogen-bond donors (Lipinski definition) is 1. The molecule has 2 heterocycles. The summed E-state index contributed by atoms with van der Waals surface area (Å²) in [4.78, 5) is 18.6. The SMILES string of the molecule is CCOc1ccc(C(=O)N2CCOC(c3ncn[nH]3)C2)cc1C. The van der Waals surface area contributed by atoms with Gasteiger partial charge in [0.25, 0.3) is 5.91 Å². The summed E-state index contributed by atoms with van der Waals surface area (Å²) in [5.74, 6) is 1.44. The van der Waals surface area contributed by atoms with Crippen molar-refractivity contribution < 1.29 is 14.3 Å². The van der Waals surface area contributed by atoms with Crippen LogP contribution in [-0.4, -0.2) is 52.3 Å². The monoisotopic (exact) mass is 316 g/mol. The molecule has 1 fully saturated rings. The van der Waals surface area contributed by atoms with Crippen LogP contribution in [0, 0.1) is 6.92 Å². The van der Waals surface area contributed by atoms with Crippen molar-refractivity contribution in [2.75, 3.05) is 26.3 Å². The maximum atomic E-state index is 12.7. The standard InChI is InChI=1S/C16H20N4O3/c1-3-22-13-5-4-12(8-11(13)2)16(21)20-6-7-23-14(9-20)15-17-10-18-19-15/h4-5,8,10,14H,3,6-7,9H2,1-2H3,(H,17,18,19). The molecule has 3 rings (SSSR count). The van der Waals surface area contributed by atoms with Gasteiger partial charge in [-0.3, -0.25) is 9.89 Å². The fourth-order valence-electron chi connectivity index (χ4n) is 2.65. The zero-order chi connectivity index (χ0) is 16.2. The smallest absolute Gasteiger partial charge is 0.254 e. The molecule has 7 heteroatoms. The van der Waals surface area contributed by atoms with E-state index in [1.807, 2.05) is 26.0 Å². The zero-order valence-corrected chi connectivity index (χ0v) is 13.3. The summed E-state index contributed by atoms with van der Waals surface area (Å²) in [6.45, 7) is 5.99. The number of morpholine rings is 1. The molecule has 122 valence electrons. The first kappa shape index (κ1) is 15.5. The summed E-state index contributed by atoms with van der Waals surface area (Å²) < 4.78 is 11.2. The van der Waals surface area contributed by atoms with Crippen LogP contribution >= 0.6 is 0 Å². The van der Waals surface area contributed by atoms with Crippen molar-refractivity contribution in [1.82, 2.24) is 20.1 Å². The topological polar surface area (TPSA) is 80.3 Å². The van der Waals surface area contributed by atoms with E-state index in [1.165, 1.54) is 6.33 Å². The fraction of sp³-hybridized carbons (Fsp3) is 0.438. The molecular formula is C16H20N4O3. The number of aromatic amines is 1. The molecular weight excluding hydrogens is 296 g/mol. The first-order valence-corrected chi connectivity index (χ1v) is 7.68. The number of amides is 1. The number of rotatable bonds is 4. The van der Waals surface area contributed by atoms with Crippen LogP contribution in [-0.2, 0) is 4.74 Å². The highest BCUT2D eigenvalue weighted by Gasteiger charge is 2.27. The van der Waals surface area contributed by atoms with Gasteiger partial charge in [-0.25, -0.2) is 4.98 Å². The third-order valence-corrected chi connectivity index (χ3v) is 3.81. The van der Waals surface area contributed by atoms with Gasteiger partial charge in [0.2, 0.25) is 0 Å². The van der Waals surface area contributed by atoms with Gasteiger partial charge in [0.05, 0.1) is 19.8 Å². The van der Waals surface area contributed by atoms with Crippen molar-refractivity contribution in [3.63, 3.8) is 0 Å². The van der Waals surface area contributed by atoms with E-state index < -0.39 is 0 Å². The van der Waals surface area contributed by atoms with Crippen LogP contribution in [0.5, 0.6) is 5.75 Å². The van der Waals surface area contributed by atoms with Gasteiger partial charge in [-0.1, -0.05) is 0 Å². The number of aromatic nitrogens is 3. The molecule has 23 heavy (non-hydrogen) atoms. The lowest BCUT2D eigenvalue weighted by Gasteiger charge is -2.32. The first-order chi connectivity index (χ1) is 11.2. The van der Waals surface area contributed by atoms with Crippen LogP contribution < -0.4 is 4.74 Å². The second-order valence-corrected chi connectivity index (χ2v) is 5.39. The van der Waals surface area contributed by atoms with Crippen molar-refractivity contribution in [2.24, 2.45) is 0 Å². The van der Waals surface area contributed by atoms with Crippen LogP contribution in [0.15, 0.2) is 24.5 Å². The zero-order valence-electron chi connectivity index (χ0n) is 13.3. The number of carbonyl (C=O) groups is 1. The van der Waals surface area contributed by atoms with Crippen LogP contribution in [0.1, 0.15) is 34.8 Å². The molecule has 0 aliphatic carbocycles. The van der Waals surface area contributed by atoms with Gasteiger partial charge in [0.1, 0.15) is 18.2 Å². The van der Waals surface area contributed by atoms with Gasteiger partial charge in [-0.15, -0.1) is 0 Å². The lowest BCUT2D eigenvalue weighted by atomic mass is 10.1. The molecule has 1 aromatic carbocycles. The average Bonchev–Trinajstić information content (AvgIpc) is 3.11. The number of aryl methyl sites for hydroxylation is 1. The predicted molar refractivity (Wildman–Crippen MR) is 83.3 cm³/mol. The molecule has 0 radical (unpaired) electrons. The number of hydrogen-bond acceptors (Lipinski definition) is 5. The molecule has 1 saturated heterocycles. The van der Waals surface area contributed by atoms with Gasteiger partial charge in [-0.2, -0.15) is 5.10 Å². The molecule has 1 N–H and O–H groups in total. The highest BCUT2D eigenvalue weighted by atomic mass is 16.5. The second kappa shape index (κ2) is 6.78. The van der Waals surface area contributed by atoms with E-state index in [-0.39, 0.29) is 12.0 Å². The van der Waals surface area contributed by atoms with Crippen molar-refractivity contribution in [2.45, 2.75) is 20.0 Å². The summed E-state index contributed by atoms with van der Waals surface area (Å²) in [7, 11) is 0. The van der Waals surface area contributed by atoms with E-state index in [0.717, 1.165) is 11.3 Å². The van der Waals surface area contributed by atoms with E-state index in [1.54, 1.807) is 11.0 Å². The summed E-state index contributed by atoms with van der Waals surface area (Å²) in [5, 5.41) is 6.63. The predicted octanol–water partition coefficient (Wildman–Crippen LogP) is 1.73. The molecule has 0 spiro atoms. The van der Waals surface area contributed by atoms with Gasteiger partial charge in [-0.05, 0) is 37.6 Å². The van der Waals surface area contributed by atoms with Gasteiger partial charge >= 0.3 is 0 Å². The molecule has 7 nitrogen and oxygen atoms in total. The van der Waals surface area contributed by atoms with E-state index in [4.69, 9.17) is 9.47 Å². The summed E-state index contributed by atoms with van der Waals surface area (Å²) in [5.41, 5.74) is 1.61. The number of nitrogens with one attached hydrogen (secondary N) is 1. The van der Waals surface area contributed by atoms with E-state index >= 15 is 0 Å². The van der Waals surface area contributed by atoms with Crippen LogP contribution in [0.2, 0.25) is 0 Å². The van der Waals surface area contributed by atoms with Crippen LogP contribution in [0.3, 0.4) is 0 Å². The lowest BCUT2D eigenvalue weighted by Crippen LogP contribution is -2.42. The van der Waals surface area contributed by atoms with E-state index in [0.29, 0.717) is 37.7 Å². The van der Waals surface area contributed by atoms with E-state index in [2.05, 4.69) is 15.2 Å². The third kappa shape index (κ3) is 3.34. The largest absolute Gasteiger partial charge is 0.494 e. The third-order valence-electron chi connectivity index (χ3n) is 3.81.